The Morgan fingerprint density at radius 3 is 2.63 bits per heavy atom. The van der Waals surface area contributed by atoms with Crippen molar-refractivity contribution in [3.63, 3.8) is 0 Å². The molecule has 0 saturated heterocycles. The van der Waals surface area contributed by atoms with Crippen molar-refractivity contribution >= 4 is 17.0 Å². The van der Waals surface area contributed by atoms with Crippen LogP contribution >= 0.6 is 0 Å². The third kappa shape index (κ3) is 4.27. The van der Waals surface area contributed by atoms with E-state index in [-0.39, 0.29) is 0 Å². The number of carboxylic acids is 1. The molecule has 0 amide bonds. The second kappa shape index (κ2) is 8.04. The number of rotatable bonds is 2. The van der Waals surface area contributed by atoms with Crippen molar-refractivity contribution in [1.29, 1.82) is 5.26 Å². The van der Waals surface area contributed by atoms with Gasteiger partial charge in [-0.2, -0.15) is 23.5 Å². The molecule has 11 heteroatoms. The lowest BCUT2D eigenvalue weighted by atomic mass is 10.1. The summed E-state index contributed by atoms with van der Waals surface area (Å²) in [5, 5.41) is 21.6. The van der Waals surface area contributed by atoms with Gasteiger partial charge in [0.1, 0.15) is 17.5 Å². The SMILES string of the molecule is N#Cc1ccc(F)cc1-n1cc(-c2ccnc3[nH]ccc23)cn1.O=C(O)C(F)(F)F. The summed E-state index contributed by atoms with van der Waals surface area (Å²) in [4.78, 5) is 16.2. The minimum atomic E-state index is -5.08. The second-order valence-corrected chi connectivity index (χ2v) is 5.85. The number of nitriles is 1. The van der Waals surface area contributed by atoms with Crippen molar-refractivity contribution in [2.24, 2.45) is 0 Å². The first-order chi connectivity index (χ1) is 14.2. The van der Waals surface area contributed by atoms with E-state index in [1.807, 2.05) is 18.3 Å². The first-order valence-corrected chi connectivity index (χ1v) is 8.18. The summed E-state index contributed by atoms with van der Waals surface area (Å²) >= 11 is 0. The molecule has 0 bridgehead atoms. The monoisotopic (exact) mass is 417 g/mol. The number of aromatic nitrogens is 4. The summed E-state index contributed by atoms with van der Waals surface area (Å²) in [6, 6.07) is 9.90. The summed E-state index contributed by atoms with van der Waals surface area (Å²) < 4.78 is 46.7. The third-order valence-corrected chi connectivity index (χ3v) is 3.92. The van der Waals surface area contributed by atoms with Crippen molar-refractivity contribution < 1.29 is 27.5 Å². The van der Waals surface area contributed by atoms with Gasteiger partial charge in [0, 0.05) is 35.6 Å². The van der Waals surface area contributed by atoms with Crippen LogP contribution in [0.3, 0.4) is 0 Å². The second-order valence-electron chi connectivity index (χ2n) is 5.85. The summed E-state index contributed by atoms with van der Waals surface area (Å²) in [5.41, 5.74) is 3.40. The maximum atomic E-state index is 13.5. The number of H-pyrrole nitrogens is 1. The third-order valence-electron chi connectivity index (χ3n) is 3.92. The molecule has 0 saturated carbocycles. The Morgan fingerprint density at radius 2 is 1.97 bits per heavy atom. The first-order valence-electron chi connectivity index (χ1n) is 8.18. The molecular weight excluding hydrogens is 406 g/mol. The number of carboxylic acid groups (broad SMARTS) is 1. The number of hydrogen-bond acceptors (Lipinski definition) is 4. The van der Waals surface area contributed by atoms with Crippen molar-refractivity contribution in [2.75, 3.05) is 0 Å². The molecule has 4 aromatic rings. The van der Waals surface area contributed by atoms with Crippen molar-refractivity contribution in [3.8, 4) is 22.9 Å². The van der Waals surface area contributed by atoms with E-state index in [9.17, 15) is 22.8 Å². The highest BCUT2D eigenvalue weighted by Crippen LogP contribution is 2.27. The quantitative estimate of drug-likeness (QED) is 0.478. The lowest BCUT2D eigenvalue weighted by Crippen LogP contribution is -2.21. The summed E-state index contributed by atoms with van der Waals surface area (Å²) in [6.07, 6.45) is 1.92. The predicted octanol–water partition coefficient (Wildman–Crippen LogP) is 4.06. The average Bonchev–Trinajstić information content (AvgIpc) is 3.37. The maximum absolute atomic E-state index is 13.5. The van der Waals surface area contributed by atoms with Gasteiger partial charge in [0.25, 0.3) is 0 Å². The molecule has 0 fully saturated rings. The molecule has 1 aromatic carbocycles. The summed E-state index contributed by atoms with van der Waals surface area (Å²) in [5.74, 6) is -3.17. The molecule has 152 valence electrons. The molecule has 0 unspecified atom stereocenters. The number of hydrogen-bond donors (Lipinski definition) is 2. The van der Waals surface area contributed by atoms with E-state index in [2.05, 4.69) is 21.1 Å². The molecule has 3 heterocycles. The molecule has 0 aliphatic rings. The van der Waals surface area contributed by atoms with E-state index in [0.717, 1.165) is 22.2 Å². The minimum Gasteiger partial charge on any atom is -0.475 e. The van der Waals surface area contributed by atoms with Gasteiger partial charge in [0.2, 0.25) is 0 Å². The molecule has 0 aliphatic carbocycles. The Kier molecular flexibility index (Phi) is 5.50. The molecular formula is C19H11F4N5O2. The van der Waals surface area contributed by atoms with E-state index >= 15 is 0 Å². The van der Waals surface area contributed by atoms with Gasteiger partial charge in [-0.25, -0.2) is 18.9 Å². The molecule has 0 aliphatic heterocycles. The first kappa shape index (κ1) is 20.5. The molecule has 30 heavy (non-hydrogen) atoms. The van der Waals surface area contributed by atoms with Gasteiger partial charge < -0.3 is 10.1 Å². The highest BCUT2D eigenvalue weighted by atomic mass is 19.4. The van der Waals surface area contributed by atoms with Crippen LogP contribution in [0.1, 0.15) is 5.56 Å². The van der Waals surface area contributed by atoms with E-state index in [4.69, 9.17) is 9.90 Å². The van der Waals surface area contributed by atoms with Crippen molar-refractivity contribution in [2.45, 2.75) is 6.18 Å². The highest BCUT2D eigenvalue weighted by molar-refractivity contribution is 5.92. The number of aromatic amines is 1. The number of pyridine rings is 1. The fourth-order valence-electron chi connectivity index (χ4n) is 2.60. The van der Waals surface area contributed by atoms with Gasteiger partial charge >= 0.3 is 12.1 Å². The minimum absolute atomic E-state index is 0.363. The zero-order chi connectivity index (χ0) is 21.9. The number of fused-ring (bicyclic) bond motifs is 1. The predicted molar refractivity (Wildman–Crippen MR) is 97.0 cm³/mol. The number of benzene rings is 1. The maximum Gasteiger partial charge on any atom is 0.490 e. The molecule has 7 nitrogen and oxygen atoms in total. The Hall–Kier alpha value is -4.20. The van der Waals surface area contributed by atoms with E-state index in [1.54, 1.807) is 18.6 Å². The van der Waals surface area contributed by atoms with Crippen LogP contribution < -0.4 is 0 Å². The van der Waals surface area contributed by atoms with Gasteiger partial charge in [-0.3, -0.25) is 0 Å². The summed E-state index contributed by atoms with van der Waals surface area (Å²) in [7, 11) is 0. The molecule has 4 rings (SSSR count). The van der Waals surface area contributed by atoms with Crippen LogP contribution in [0, 0.1) is 17.1 Å². The van der Waals surface area contributed by atoms with Gasteiger partial charge in [-0.15, -0.1) is 0 Å². The van der Waals surface area contributed by atoms with Crippen LogP contribution in [-0.2, 0) is 4.79 Å². The zero-order valence-corrected chi connectivity index (χ0v) is 14.9. The lowest BCUT2D eigenvalue weighted by molar-refractivity contribution is -0.192. The molecule has 0 radical (unpaired) electrons. The number of nitrogens with zero attached hydrogens (tertiary/aromatic N) is 4. The highest BCUT2D eigenvalue weighted by Gasteiger charge is 2.38. The summed E-state index contributed by atoms with van der Waals surface area (Å²) in [6.45, 7) is 0. The Bertz CT molecular complexity index is 1250. The van der Waals surface area contributed by atoms with Gasteiger partial charge in [0.05, 0.1) is 17.4 Å². The number of aliphatic carboxylic acids is 1. The van der Waals surface area contributed by atoms with E-state index < -0.39 is 18.0 Å². The van der Waals surface area contributed by atoms with Crippen molar-refractivity contribution in [3.05, 3.63) is 66.5 Å². The Morgan fingerprint density at radius 1 is 1.23 bits per heavy atom. The topological polar surface area (TPSA) is 108 Å². The van der Waals surface area contributed by atoms with Crippen LogP contribution in [0.4, 0.5) is 17.6 Å². The van der Waals surface area contributed by atoms with Gasteiger partial charge in [0.15, 0.2) is 0 Å². The Balaban J connectivity index is 0.000000318. The van der Waals surface area contributed by atoms with E-state index in [1.165, 1.54) is 22.9 Å². The molecule has 0 spiro atoms. The van der Waals surface area contributed by atoms with Crippen LogP contribution in [0.15, 0.2) is 55.1 Å². The molecule has 2 N–H and O–H groups in total. The van der Waals surface area contributed by atoms with Gasteiger partial charge in [-0.05, 0) is 29.8 Å². The fourth-order valence-corrected chi connectivity index (χ4v) is 2.60. The van der Waals surface area contributed by atoms with Crippen LogP contribution in [-0.4, -0.2) is 37.0 Å². The normalized spacial score (nSPS) is 10.9. The number of halogens is 4. The smallest absolute Gasteiger partial charge is 0.475 e. The average molecular weight is 417 g/mol. The number of alkyl halides is 3. The standard InChI is InChI=1S/C17H10FN5.C2HF3O2/c18-13-2-1-11(8-19)16(7-13)23-10-12(9-22-23)14-3-5-20-17-15(14)4-6-21-17;3-2(4,5)1(6)7/h1-7,9-10H,(H,20,21);(H,6,7). The van der Waals surface area contributed by atoms with Crippen LogP contribution in [0.2, 0.25) is 0 Å². The molecule has 0 atom stereocenters. The molecule has 3 aromatic heterocycles. The van der Waals surface area contributed by atoms with Crippen molar-refractivity contribution in [1.82, 2.24) is 19.7 Å². The zero-order valence-electron chi connectivity index (χ0n) is 14.9. The van der Waals surface area contributed by atoms with Crippen LogP contribution in [0.5, 0.6) is 0 Å². The number of carbonyl (C=O) groups is 1. The number of nitrogens with one attached hydrogen (secondary N) is 1. The van der Waals surface area contributed by atoms with Gasteiger partial charge in [-0.1, -0.05) is 0 Å². The van der Waals surface area contributed by atoms with E-state index in [0.29, 0.717) is 11.3 Å². The largest absolute Gasteiger partial charge is 0.490 e. The van der Waals surface area contributed by atoms with Crippen LogP contribution in [0.25, 0.3) is 27.8 Å². The Labute approximate surface area is 165 Å². The lowest BCUT2D eigenvalue weighted by Gasteiger charge is -2.04. The fraction of sp³-hybridized carbons (Fsp3) is 0.0526.